The predicted octanol–water partition coefficient (Wildman–Crippen LogP) is 0.959. The van der Waals surface area contributed by atoms with E-state index >= 15 is 0 Å². The molecule has 0 spiro atoms. The van der Waals surface area contributed by atoms with E-state index in [2.05, 4.69) is 27.3 Å². The number of rotatable bonds is 1. The van der Waals surface area contributed by atoms with Gasteiger partial charge in [-0.3, -0.25) is 0 Å². The van der Waals surface area contributed by atoms with Crippen molar-refractivity contribution in [1.29, 1.82) is 0 Å². The van der Waals surface area contributed by atoms with Crippen molar-refractivity contribution in [3.63, 3.8) is 0 Å². The lowest BCUT2D eigenvalue weighted by Crippen LogP contribution is -2.44. The first kappa shape index (κ1) is 11.0. The Labute approximate surface area is 104 Å². The van der Waals surface area contributed by atoms with Gasteiger partial charge in [0.05, 0.1) is 6.04 Å². The fraction of sp³-hybridized carbons (Fsp3) is 0.455. The summed E-state index contributed by atoms with van der Waals surface area (Å²) in [6, 6.07) is 3.84. The Kier molecular flexibility index (Phi) is 2.74. The molecule has 1 aliphatic rings. The summed E-state index contributed by atoms with van der Waals surface area (Å²) in [6.07, 6.45) is 1.83. The van der Waals surface area contributed by atoms with E-state index < -0.39 is 0 Å². The maximum atomic E-state index is 5.93. The van der Waals surface area contributed by atoms with E-state index in [1.54, 1.807) is 4.52 Å². The molecule has 3 heterocycles. The van der Waals surface area contributed by atoms with Crippen LogP contribution in [0.25, 0.3) is 5.65 Å². The molecule has 5 nitrogen and oxygen atoms in total. The molecule has 0 saturated carbocycles. The van der Waals surface area contributed by atoms with E-state index in [1.165, 1.54) is 0 Å². The van der Waals surface area contributed by atoms with Crippen molar-refractivity contribution < 1.29 is 0 Å². The predicted molar refractivity (Wildman–Crippen MR) is 66.2 cm³/mol. The normalized spacial score (nSPS) is 22.1. The largest absolute Gasteiger partial charge is 0.305 e. The van der Waals surface area contributed by atoms with Gasteiger partial charge < -0.3 is 10.2 Å². The Hall–Kier alpha value is -1.17. The van der Waals surface area contributed by atoms with Crippen LogP contribution < -0.4 is 5.32 Å². The second-order valence-electron chi connectivity index (χ2n) is 4.39. The summed E-state index contributed by atoms with van der Waals surface area (Å²) < 4.78 is 1.76. The number of nitrogens with one attached hydrogen (secondary N) is 1. The summed E-state index contributed by atoms with van der Waals surface area (Å²) in [5.74, 6) is 0.832. The molecular formula is C11H14ClN5. The number of hydrogen-bond acceptors (Lipinski definition) is 4. The first-order chi connectivity index (χ1) is 8.22. The molecule has 3 rings (SSSR count). The Balaban J connectivity index is 1.94. The van der Waals surface area contributed by atoms with E-state index in [9.17, 15) is 0 Å². The molecule has 1 saturated heterocycles. The molecule has 6 heteroatoms. The van der Waals surface area contributed by atoms with Gasteiger partial charge in [0.1, 0.15) is 0 Å². The van der Waals surface area contributed by atoms with Crippen LogP contribution in [0.1, 0.15) is 11.9 Å². The van der Waals surface area contributed by atoms with E-state index in [1.807, 2.05) is 18.3 Å². The highest BCUT2D eigenvalue weighted by atomic mass is 35.5. The molecule has 1 unspecified atom stereocenters. The van der Waals surface area contributed by atoms with Gasteiger partial charge >= 0.3 is 0 Å². The summed E-state index contributed by atoms with van der Waals surface area (Å²) in [5, 5.41) is 8.58. The highest BCUT2D eigenvalue weighted by molar-refractivity contribution is 6.30. The fourth-order valence-corrected chi connectivity index (χ4v) is 2.25. The van der Waals surface area contributed by atoms with E-state index in [0.29, 0.717) is 5.02 Å². The van der Waals surface area contributed by atoms with Gasteiger partial charge in [0, 0.05) is 36.9 Å². The van der Waals surface area contributed by atoms with Crippen molar-refractivity contribution >= 4 is 17.2 Å². The quantitative estimate of drug-likeness (QED) is 0.820. The van der Waals surface area contributed by atoms with Crippen LogP contribution in [-0.2, 0) is 0 Å². The zero-order chi connectivity index (χ0) is 11.8. The van der Waals surface area contributed by atoms with Crippen LogP contribution in [-0.4, -0.2) is 46.2 Å². The molecule has 90 valence electrons. The smallest absolute Gasteiger partial charge is 0.169 e. The Morgan fingerprint density at radius 1 is 1.53 bits per heavy atom. The number of nitrogens with zero attached hydrogens (tertiary/aromatic N) is 4. The Morgan fingerprint density at radius 3 is 3.24 bits per heavy atom. The molecule has 1 N–H and O–H groups in total. The van der Waals surface area contributed by atoms with Crippen molar-refractivity contribution in [3.05, 3.63) is 29.2 Å². The van der Waals surface area contributed by atoms with Gasteiger partial charge in [0.15, 0.2) is 11.5 Å². The standard InChI is InChI=1S/C11H14ClN5/c1-16-5-3-13-9(7-16)11-14-10-6-8(12)2-4-17(10)15-11/h2,4,6,9,13H,3,5,7H2,1H3. The third-order valence-corrected chi connectivity index (χ3v) is 3.24. The topological polar surface area (TPSA) is 45.5 Å². The fourth-order valence-electron chi connectivity index (χ4n) is 2.09. The minimum absolute atomic E-state index is 0.201. The molecular weight excluding hydrogens is 238 g/mol. The van der Waals surface area contributed by atoms with Crippen molar-refractivity contribution in [1.82, 2.24) is 24.8 Å². The van der Waals surface area contributed by atoms with E-state index in [-0.39, 0.29) is 6.04 Å². The van der Waals surface area contributed by atoms with Crippen molar-refractivity contribution in [2.24, 2.45) is 0 Å². The lowest BCUT2D eigenvalue weighted by molar-refractivity contribution is 0.235. The van der Waals surface area contributed by atoms with Gasteiger partial charge in [0.25, 0.3) is 0 Å². The van der Waals surface area contributed by atoms with Crippen LogP contribution in [0.4, 0.5) is 0 Å². The Bertz CT molecular complexity index is 538. The second-order valence-corrected chi connectivity index (χ2v) is 4.82. The first-order valence-electron chi connectivity index (χ1n) is 5.66. The molecule has 0 aliphatic carbocycles. The lowest BCUT2D eigenvalue weighted by Gasteiger charge is -2.28. The van der Waals surface area contributed by atoms with Gasteiger partial charge in [-0.2, -0.15) is 0 Å². The summed E-state index contributed by atoms with van der Waals surface area (Å²) in [7, 11) is 2.11. The van der Waals surface area contributed by atoms with Crippen LogP contribution in [0, 0.1) is 0 Å². The average Bonchev–Trinajstić information content (AvgIpc) is 2.72. The van der Waals surface area contributed by atoms with Gasteiger partial charge in [-0.05, 0) is 13.1 Å². The number of piperazine rings is 1. The van der Waals surface area contributed by atoms with Crippen LogP contribution in [0.15, 0.2) is 18.3 Å². The first-order valence-corrected chi connectivity index (χ1v) is 6.04. The molecule has 2 aromatic heterocycles. The van der Waals surface area contributed by atoms with Gasteiger partial charge in [-0.15, -0.1) is 5.10 Å². The summed E-state index contributed by atoms with van der Waals surface area (Å²) >= 11 is 5.93. The molecule has 0 radical (unpaired) electrons. The van der Waals surface area contributed by atoms with E-state index in [4.69, 9.17) is 11.6 Å². The molecule has 0 aromatic carbocycles. The summed E-state index contributed by atoms with van der Waals surface area (Å²) in [6.45, 7) is 2.97. The number of likely N-dealkylation sites (N-methyl/N-ethyl adjacent to an activating group) is 1. The number of aromatic nitrogens is 3. The van der Waals surface area contributed by atoms with Crippen molar-refractivity contribution in [3.8, 4) is 0 Å². The number of pyridine rings is 1. The zero-order valence-electron chi connectivity index (χ0n) is 9.60. The molecule has 1 aliphatic heterocycles. The third kappa shape index (κ3) is 2.13. The second kappa shape index (κ2) is 4.25. The number of hydrogen-bond donors (Lipinski definition) is 1. The maximum absolute atomic E-state index is 5.93. The maximum Gasteiger partial charge on any atom is 0.169 e. The molecule has 0 amide bonds. The molecule has 0 bridgehead atoms. The number of fused-ring (bicyclic) bond motifs is 1. The molecule has 1 atom stereocenters. The monoisotopic (exact) mass is 251 g/mol. The highest BCUT2D eigenvalue weighted by Crippen LogP contribution is 2.16. The van der Waals surface area contributed by atoms with E-state index in [0.717, 1.165) is 31.1 Å². The third-order valence-electron chi connectivity index (χ3n) is 3.01. The summed E-state index contributed by atoms with van der Waals surface area (Å²) in [5.41, 5.74) is 0.794. The SMILES string of the molecule is CN1CCNC(c2nc3cc(Cl)ccn3n2)C1. The van der Waals surface area contributed by atoms with Crippen LogP contribution in [0.5, 0.6) is 0 Å². The van der Waals surface area contributed by atoms with Crippen molar-refractivity contribution in [2.75, 3.05) is 26.7 Å². The van der Waals surface area contributed by atoms with Gasteiger partial charge in [-0.25, -0.2) is 9.50 Å². The lowest BCUT2D eigenvalue weighted by atomic mass is 10.2. The average molecular weight is 252 g/mol. The van der Waals surface area contributed by atoms with Crippen LogP contribution in [0.2, 0.25) is 5.02 Å². The highest BCUT2D eigenvalue weighted by Gasteiger charge is 2.21. The number of halogens is 1. The minimum atomic E-state index is 0.201. The molecule has 2 aromatic rings. The van der Waals surface area contributed by atoms with Gasteiger partial charge in [-0.1, -0.05) is 11.6 Å². The summed E-state index contributed by atoms with van der Waals surface area (Å²) in [4.78, 5) is 6.79. The van der Waals surface area contributed by atoms with Crippen molar-refractivity contribution in [2.45, 2.75) is 6.04 Å². The Morgan fingerprint density at radius 2 is 2.41 bits per heavy atom. The molecule has 1 fully saturated rings. The van der Waals surface area contributed by atoms with Gasteiger partial charge in [0.2, 0.25) is 0 Å². The zero-order valence-corrected chi connectivity index (χ0v) is 10.4. The van der Waals surface area contributed by atoms with Crippen LogP contribution >= 0.6 is 11.6 Å². The minimum Gasteiger partial charge on any atom is -0.305 e. The van der Waals surface area contributed by atoms with Crippen LogP contribution in [0.3, 0.4) is 0 Å². The molecule has 17 heavy (non-hydrogen) atoms.